The van der Waals surface area contributed by atoms with E-state index in [1.165, 1.54) is 0 Å². The number of rotatable bonds is 2. The first kappa shape index (κ1) is 9.80. The zero-order chi connectivity index (χ0) is 10.8. The molecule has 0 amide bonds. The minimum absolute atomic E-state index is 0.151. The van der Waals surface area contributed by atoms with Crippen LogP contribution in [0, 0.1) is 0 Å². The second kappa shape index (κ2) is 3.79. The number of nitrogens with zero attached hydrogens (tertiary/aromatic N) is 2. The lowest BCUT2D eigenvalue weighted by Gasteiger charge is -2.08. The van der Waals surface area contributed by atoms with E-state index in [-0.39, 0.29) is 5.75 Å². The Balaban J connectivity index is 2.46. The molecule has 76 valence electrons. The molecule has 0 aliphatic carbocycles. The third kappa shape index (κ3) is 1.87. The van der Waals surface area contributed by atoms with Crippen LogP contribution in [-0.4, -0.2) is 14.7 Å². The maximum atomic E-state index is 9.65. The van der Waals surface area contributed by atoms with Gasteiger partial charge in [-0.2, -0.15) is 0 Å². The number of imidazole rings is 1. The predicted octanol–water partition coefficient (Wildman–Crippen LogP) is 2.76. The highest BCUT2D eigenvalue weighted by Gasteiger charge is 2.07. The fraction of sp³-hybridized carbons (Fsp3) is 0. The van der Waals surface area contributed by atoms with Gasteiger partial charge in [0.2, 0.25) is 0 Å². The highest BCUT2D eigenvalue weighted by molar-refractivity contribution is 6.30. The van der Waals surface area contributed by atoms with Gasteiger partial charge >= 0.3 is 0 Å². The van der Waals surface area contributed by atoms with Crippen molar-refractivity contribution in [1.29, 1.82) is 0 Å². The highest BCUT2D eigenvalue weighted by atomic mass is 35.5. The number of hydrogen-bond donors (Lipinski definition) is 1. The average molecular weight is 221 g/mol. The summed E-state index contributed by atoms with van der Waals surface area (Å²) >= 11 is 5.85. The van der Waals surface area contributed by atoms with Gasteiger partial charge in [-0.25, -0.2) is 4.98 Å². The van der Waals surface area contributed by atoms with Gasteiger partial charge < -0.3 is 9.67 Å². The van der Waals surface area contributed by atoms with Crippen LogP contribution >= 0.6 is 11.6 Å². The third-order valence-corrected chi connectivity index (χ3v) is 2.32. The molecule has 15 heavy (non-hydrogen) atoms. The van der Waals surface area contributed by atoms with Gasteiger partial charge in [0.05, 0.1) is 12.0 Å². The molecule has 0 fully saturated rings. The SMILES string of the molecule is C=C(c1cc(Cl)ccc1O)n1ccnc1. The molecule has 0 aliphatic rings. The van der Waals surface area contributed by atoms with E-state index in [1.807, 2.05) is 0 Å². The topological polar surface area (TPSA) is 38.0 Å². The van der Waals surface area contributed by atoms with Gasteiger partial charge in [-0.3, -0.25) is 0 Å². The van der Waals surface area contributed by atoms with Crippen molar-refractivity contribution in [3.8, 4) is 5.75 Å². The molecule has 0 atom stereocenters. The monoisotopic (exact) mass is 220 g/mol. The van der Waals surface area contributed by atoms with Crippen molar-refractivity contribution >= 4 is 17.3 Å². The standard InChI is InChI=1S/C11H9ClN2O/c1-8(14-5-4-13-7-14)10-6-9(12)2-3-11(10)15/h2-7,15H,1H2. The lowest BCUT2D eigenvalue weighted by molar-refractivity contribution is 0.473. The Morgan fingerprint density at radius 3 is 2.93 bits per heavy atom. The Bertz CT molecular complexity index is 491. The second-order valence-electron chi connectivity index (χ2n) is 3.08. The molecular weight excluding hydrogens is 212 g/mol. The van der Waals surface area contributed by atoms with Crippen molar-refractivity contribution in [2.45, 2.75) is 0 Å². The van der Waals surface area contributed by atoms with Crippen LogP contribution in [0.15, 0.2) is 43.5 Å². The van der Waals surface area contributed by atoms with E-state index in [0.29, 0.717) is 16.3 Å². The van der Waals surface area contributed by atoms with Crippen LogP contribution in [-0.2, 0) is 0 Å². The largest absolute Gasteiger partial charge is 0.507 e. The first-order valence-corrected chi connectivity index (χ1v) is 4.72. The molecule has 2 rings (SSSR count). The molecule has 1 N–H and O–H groups in total. The molecule has 0 radical (unpaired) electrons. The van der Waals surface area contributed by atoms with E-state index in [4.69, 9.17) is 11.6 Å². The first-order valence-electron chi connectivity index (χ1n) is 4.34. The van der Waals surface area contributed by atoms with E-state index in [2.05, 4.69) is 11.6 Å². The molecule has 0 spiro atoms. The van der Waals surface area contributed by atoms with Crippen molar-refractivity contribution in [2.24, 2.45) is 0 Å². The number of benzene rings is 1. The molecular formula is C11H9ClN2O. The summed E-state index contributed by atoms with van der Waals surface area (Å²) in [5.74, 6) is 0.151. The number of halogens is 1. The Morgan fingerprint density at radius 2 is 2.27 bits per heavy atom. The van der Waals surface area contributed by atoms with Gasteiger partial charge in [-0.15, -0.1) is 0 Å². The van der Waals surface area contributed by atoms with E-state index >= 15 is 0 Å². The van der Waals surface area contributed by atoms with Gasteiger partial charge in [0.1, 0.15) is 5.75 Å². The summed E-state index contributed by atoms with van der Waals surface area (Å²) in [5, 5.41) is 10.2. The Labute approximate surface area is 92.3 Å². The zero-order valence-corrected chi connectivity index (χ0v) is 8.65. The summed E-state index contributed by atoms with van der Waals surface area (Å²) in [4.78, 5) is 3.91. The maximum Gasteiger partial charge on any atom is 0.124 e. The number of phenols is 1. The maximum absolute atomic E-state index is 9.65. The molecule has 0 saturated carbocycles. The second-order valence-corrected chi connectivity index (χ2v) is 3.51. The average Bonchev–Trinajstić information content (AvgIpc) is 2.74. The van der Waals surface area contributed by atoms with Crippen molar-refractivity contribution in [2.75, 3.05) is 0 Å². The quantitative estimate of drug-likeness (QED) is 0.845. The van der Waals surface area contributed by atoms with Gasteiger partial charge in [0.25, 0.3) is 0 Å². The zero-order valence-electron chi connectivity index (χ0n) is 7.89. The lowest BCUT2D eigenvalue weighted by atomic mass is 10.1. The van der Waals surface area contributed by atoms with Crippen LogP contribution in [0.2, 0.25) is 5.02 Å². The summed E-state index contributed by atoms with van der Waals surface area (Å²) in [5.41, 5.74) is 1.23. The van der Waals surface area contributed by atoms with Crippen LogP contribution in [0.3, 0.4) is 0 Å². The number of hydrogen-bond acceptors (Lipinski definition) is 2. The smallest absolute Gasteiger partial charge is 0.124 e. The van der Waals surface area contributed by atoms with Crippen molar-refractivity contribution in [3.05, 3.63) is 54.1 Å². The molecule has 0 aliphatic heterocycles. The molecule has 1 heterocycles. The van der Waals surface area contributed by atoms with Crippen molar-refractivity contribution < 1.29 is 5.11 Å². The van der Waals surface area contributed by atoms with Crippen LogP contribution in [0.4, 0.5) is 0 Å². The number of phenolic OH excluding ortho intramolecular Hbond substituents is 1. The van der Waals surface area contributed by atoms with Crippen LogP contribution < -0.4 is 0 Å². The fourth-order valence-electron chi connectivity index (χ4n) is 1.30. The molecule has 1 aromatic heterocycles. The molecule has 1 aromatic carbocycles. The van der Waals surface area contributed by atoms with Crippen LogP contribution in [0.1, 0.15) is 5.56 Å². The number of aromatic nitrogens is 2. The predicted molar refractivity (Wildman–Crippen MR) is 59.8 cm³/mol. The molecule has 2 aromatic rings. The summed E-state index contributed by atoms with van der Waals surface area (Å²) < 4.78 is 1.71. The van der Waals surface area contributed by atoms with Crippen molar-refractivity contribution in [3.63, 3.8) is 0 Å². The highest BCUT2D eigenvalue weighted by Crippen LogP contribution is 2.27. The Hall–Kier alpha value is -1.74. The van der Waals surface area contributed by atoms with Crippen molar-refractivity contribution in [1.82, 2.24) is 9.55 Å². The normalized spacial score (nSPS) is 10.2. The molecule has 0 saturated heterocycles. The molecule has 3 nitrogen and oxygen atoms in total. The Morgan fingerprint density at radius 1 is 1.47 bits per heavy atom. The van der Waals surface area contributed by atoms with Crippen LogP contribution in [0.5, 0.6) is 5.75 Å². The molecule has 0 unspecified atom stereocenters. The van der Waals surface area contributed by atoms with E-state index in [0.717, 1.165) is 0 Å². The molecule has 0 bridgehead atoms. The fourth-order valence-corrected chi connectivity index (χ4v) is 1.47. The Kier molecular flexibility index (Phi) is 2.47. The summed E-state index contributed by atoms with van der Waals surface area (Å²) in [7, 11) is 0. The van der Waals surface area contributed by atoms with E-state index in [1.54, 1.807) is 41.5 Å². The summed E-state index contributed by atoms with van der Waals surface area (Å²) in [6, 6.07) is 4.83. The summed E-state index contributed by atoms with van der Waals surface area (Å²) in [6.07, 6.45) is 5.01. The van der Waals surface area contributed by atoms with Gasteiger partial charge in [0, 0.05) is 23.0 Å². The van der Waals surface area contributed by atoms with Gasteiger partial charge in [-0.1, -0.05) is 18.2 Å². The van der Waals surface area contributed by atoms with Crippen LogP contribution in [0.25, 0.3) is 5.70 Å². The first-order chi connectivity index (χ1) is 7.18. The number of aromatic hydroxyl groups is 1. The summed E-state index contributed by atoms with van der Waals surface area (Å²) in [6.45, 7) is 3.87. The molecule has 4 heteroatoms. The lowest BCUT2D eigenvalue weighted by Crippen LogP contribution is -1.94. The minimum atomic E-state index is 0.151. The minimum Gasteiger partial charge on any atom is -0.507 e. The van der Waals surface area contributed by atoms with E-state index in [9.17, 15) is 5.11 Å². The van der Waals surface area contributed by atoms with Gasteiger partial charge in [-0.05, 0) is 18.2 Å². The van der Waals surface area contributed by atoms with Gasteiger partial charge in [0.15, 0.2) is 0 Å². The van der Waals surface area contributed by atoms with E-state index < -0.39 is 0 Å². The third-order valence-electron chi connectivity index (χ3n) is 2.09.